The highest BCUT2D eigenvalue weighted by Gasteiger charge is 2.32. The van der Waals surface area contributed by atoms with E-state index in [0.29, 0.717) is 17.1 Å². The molecule has 102 valence electrons. The van der Waals surface area contributed by atoms with E-state index in [1.807, 2.05) is 6.92 Å². The van der Waals surface area contributed by atoms with E-state index in [1.165, 1.54) is 12.1 Å². The molecule has 1 rings (SSSR count). The molecule has 0 aromatic heterocycles. The smallest absolute Gasteiger partial charge is 0.310 e. The summed E-state index contributed by atoms with van der Waals surface area (Å²) in [5.74, 6) is 0. The van der Waals surface area contributed by atoms with Crippen LogP contribution in [-0.2, 0) is 0 Å². The van der Waals surface area contributed by atoms with Crippen molar-refractivity contribution in [2.45, 2.75) is 32.0 Å². The molecule has 0 saturated carbocycles. The molecule has 0 bridgehead atoms. The Balaban J connectivity index is 2.90. The third-order valence-corrected chi connectivity index (χ3v) is 3.16. The quantitative estimate of drug-likeness (QED) is 0.808. The fraction of sp³-hybridized carbons (Fsp3) is 0.500. The van der Waals surface area contributed by atoms with E-state index in [0.717, 1.165) is 6.42 Å². The maximum absolute atomic E-state index is 12.5. The zero-order valence-electron chi connectivity index (χ0n) is 9.82. The largest absolute Gasteiger partial charge is 0.390 e. The Morgan fingerprint density at radius 1 is 1.22 bits per heavy atom. The Labute approximate surface area is 114 Å². The fourth-order valence-electron chi connectivity index (χ4n) is 1.59. The number of hydrogen-bond donors (Lipinski definition) is 1. The molecule has 0 saturated heterocycles. The Bertz CT molecular complexity index is 393. The van der Waals surface area contributed by atoms with E-state index in [1.54, 1.807) is 6.07 Å². The number of hydrogen-bond acceptors (Lipinski definition) is 1. The highest BCUT2D eigenvalue weighted by molar-refractivity contribution is 6.42. The molecule has 0 heterocycles. The van der Waals surface area contributed by atoms with Crippen LogP contribution in [-0.4, -0.2) is 12.7 Å². The summed E-state index contributed by atoms with van der Waals surface area (Å²) in [6.07, 6.45) is -4.39. The summed E-state index contributed by atoms with van der Waals surface area (Å²) in [5, 5.41) is 3.47. The van der Waals surface area contributed by atoms with Crippen molar-refractivity contribution in [1.29, 1.82) is 0 Å². The summed E-state index contributed by atoms with van der Waals surface area (Å²) in [5.41, 5.74) is 0.496. The van der Waals surface area contributed by atoms with Crippen LogP contribution in [0.15, 0.2) is 18.2 Å². The standard InChI is InChI=1S/C12H14Cl2F3N/c1-2-5-18-11(7-12(15,16)17)8-3-4-9(13)10(14)6-8/h3-4,6,11,18H,2,5,7H2,1H3. The first-order valence-electron chi connectivity index (χ1n) is 5.58. The number of alkyl halides is 3. The number of halogens is 5. The second-order valence-electron chi connectivity index (χ2n) is 4.00. The molecule has 1 aromatic rings. The Morgan fingerprint density at radius 3 is 2.39 bits per heavy atom. The lowest BCUT2D eigenvalue weighted by Crippen LogP contribution is -2.27. The van der Waals surface area contributed by atoms with Crippen LogP contribution in [0.5, 0.6) is 0 Å². The summed E-state index contributed by atoms with van der Waals surface area (Å²) in [7, 11) is 0. The molecule has 0 aliphatic carbocycles. The highest BCUT2D eigenvalue weighted by atomic mass is 35.5. The molecule has 1 unspecified atom stereocenters. The van der Waals surface area contributed by atoms with Gasteiger partial charge in [0.1, 0.15) is 0 Å². The first kappa shape index (κ1) is 15.6. The third-order valence-electron chi connectivity index (χ3n) is 2.42. The van der Waals surface area contributed by atoms with Crippen LogP contribution in [0.3, 0.4) is 0 Å². The van der Waals surface area contributed by atoms with E-state index < -0.39 is 18.6 Å². The van der Waals surface area contributed by atoms with Gasteiger partial charge in [-0.25, -0.2) is 0 Å². The normalized spacial score (nSPS) is 13.7. The van der Waals surface area contributed by atoms with Gasteiger partial charge in [0.25, 0.3) is 0 Å². The summed E-state index contributed by atoms with van der Waals surface area (Å²) in [4.78, 5) is 0. The Morgan fingerprint density at radius 2 is 1.89 bits per heavy atom. The molecule has 1 atom stereocenters. The van der Waals surface area contributed by atoms with Crippen LogP contribution < -0.4 is 5.32 Å². The van der Waals surface area contributed by atoms with Crippen LogP contribution in [0.2, 0.25) is 10.0 Å². The van der Waals surface area contributed by atoms with Crippen molar-refractivity contribution >= 4 is 23.2 Å². The fourth-order valence-corrected chi connectivity index (χ4v) is 1.89. The van der Waals surface area contributed by atoms with Gasteiger partial charge in [0.15, 0.2) is 0 Å². The first-order valence-corrected chi connectivity index (χ1v) is 6.34. The van der Waals surface area contributed by atoms with Crippen LogP contribution in [0.1, 0.15) is 31.4 Å². The van der Waals surface area contributed by atoms with E-state index in [-0.39, 0.29) is 5.02 Å². The van der Waals surface area contributed by atoms with Gasteiger partial charge in [-0.05, 0) is 30.7 Å². The number of benzene rings is 1. The molecule has 0 fully saturated rings. The van der Waals surface area contributed by atoms with Crippen LogP contribution in [0.25, 0.3) is 0 Å². The summed E-state index contributed by atoms with van der Waals surface area (Å²) in [6, 6.07) is 3.76. The van der Waals surface area contributed by atoms with Crippen molar-refractivity contribution < 1.29 is 13.2 Å². The second-order valence-corrected chi connectivity index (χ2v) is 4.81. The van der Waals surface area contributed by atoms with Gasteiger partial charge in [0.05, 0.1) is 16.5 Å². The van der Waals surface area contributed by atoms with Crippen LogP contribution in [0, 0.1) is 0 Å². The van der Waals surface area contributed by atoms with Gasteiger partial charge in [-0.2, -0.15) is 13.2 Å². The van der Waals surface area contributed by atoms with Gasteiger partial charge < -0.3 is 5.32 Å². The molecule has 1 N–H and O–H groups in total. The van der Waals surface area contributed by atoms with Gasteiger partial charge in [0.2, 0.25) is 0 Å². The molecule has 6 heteroatoms. The SMILES string of the molecule is CCCNC(CC(F)(F)F)c1ccc(Cl)c(Cl)c1. The minimum atomic E-state index is -4.22. The molecule has 0 aliphatic rings. The lowest BCUT2D eigenvalue weighted by atomic mass is 10.0. The van der Waals surface area contributed by atoms with Crippen molar-refractivity contribution in [2.24, 2.45) is 0 Å². The molecule has 0 spiro atoms. The lowest BCUT2D eigenvalue weighted by molar-refractivity contribution is -0.140. The van der Waals surface area contributed by atoms with Crippen molar-refractivity contribution in [3.05, 3.63) is 33.8 Å². The Kier molecular flexibility index (Phi) is 5.76. The molecule has 18 heavy (non-hydrogen) atoms. The minimum Gasteiger partial charge on any atom is -0.310 e. The van der Waals surface area contributed by atoms with Crippen LogP contribution in [0.4, 0.5) is 13.2 Å². The molecule has 0 radical (unpaired) electrons. The van der Waals surface area contributed by atoms with E-state index in [4.69, 9.17) is 23.2 Å². The van der Waals surface area contributed by atoms with Gasteiger partial charge in [-0.15, -0.1) is 0 Å². The second kappa shape index (κ2) is 6.64. The average molecular weight is 300 g/mol. The lowest BCUT2D eigenvalue weighted by Gasteiger charge is -2.21. The number of nitrogens with one attached hydrogen (secondary N) is 1. The molecular weight excluding hydrogens is 286 g/mol. The average Bonchev–Trinajstić information content (AvgIpc) is 2.26. The van der Waals surface area contributed by atoms with Crippen molar-refractivity contribution in [3.63, 3.8) is 0 Å². The van der Waals surface area contributed by atoms with Crippen molar-refractivity contribution in [3.8, 4) is 0 Å². The Hall–Kier alpha value is -0.450. The zero-order chi connectivity index (χ0) is 13.8. The molecular formula is C12H14Cl2F3N. The number of rotatable bonds is 5. The molecule has 0 aliphatic heterocycles. The van der Waals surface area contributed by atoms with Gasteiger partial charge >= 0.3 is 6.18 Å². The predicted molar refractivity (Wildman–Crippen MR) is 68.2 cm³/mol. The van der Waals surface area contributed by atoms with Crippen molar-refractivity contribution in [2.75, 3.05) is 6.54 Å². The maximum Gasteiger partial charge on any atom is 0.390 e. The monoisotopic (exact) mass is 299 g/mol. The summed E-state index contributed by atoms with van der Waals surface area (Å²) >= 11 is 11.6. The van der Waals surface area contributed by atoms with E-state index >= 15 is 0 Å². The third kappa shape index (κ3) is 5.04. The highest BCUT2D eigenvalue weighted by Crippen LogP contribution is 2.32. The zero-order valence-corrected chi connectivity index (χ0v) is 11.3. The summed E-state index contributed by atoms with van der Waals surface area (Å²) in [6.45, 7) is 2.41. The van der Waals surface area contributed by atoms with E-state index in [2.05, 4.69) is 5.32 Å². The van der Waals surface area contributed by atoms with E-state index in [9.17, 15) is 13.2 Å². The minimum absolute atomic E-state index is 0.264. The van der Waals surface area contributed by atoms with Crippen LogP contribution >= 0.6 is 23.2 Å². The van der Waals surface area contributed by atoms with Gasteiger partial charge in [-0.3, -0.25) is 0 Å². The predicted octanol–water partition coefficient (Wildman–Crippen LogP) is 4.99. The summed E-state index contributed by atoms with van der Waals surface area (Å²) < 4.78 is 37.5. The molecule has 1 nitrogen and oxygen atoms in total. The van der Waals surface area contributed by atoms with Gasteiger partial charge in [0, 0.05) is 6.04 Å². The van der Waals surface area contributed by atoms with Gasteiger partial charge in [-0.1, -0.05) is 36.2 Å². The van der Waals surface area contributed by atoms with Crippen molar-refractivity contribution in [1.82, 2.24) is 5.32 Å². The maximum atomic E-state index is 12.5. The topological polar surface area (TPSA) is 12.0 Å². The first-order chi connectivity index (χ1) is 8.33. The molecule has 0 amide bonds. The molecule has 1 aromatic carbocycles.